The van der Waals surface area contributed by atoms with Crippen molar-refractivity contribution >= 4 is 23.1 Å². The highest BCUT2D eigenvalue weighted by molar-refractivity contribution is 7.09. The molecule has 0 aliphatic carbocycles. The quantitative estimate of drug-likeness (QED) is 0.600. The van der Waals surface area contributed by atoms with Gasteiger partial charge in [-0.15, -0.1) is 0 Å². The van der Waals surface area contributed by atoms with Crippen molar-refractivity contribution in [3.8, 4) is 0 Å². The van der Waals surface area contributed by atoms with E-state index in [-0.39, 0.29) is 5.82 Å². The molecule has 2 aromatic rings. The highest BCUT2D eigenvalue weighted by atomic mass is 32.1. The number of benzene rings is 1. The molecule has 0 spiro atoms. The third-order valence-electron chi connectivity index (χ3n) is 4.03. The lowest BCUT2D eigenvalue weighted by Gasteiger charge is -2.34. The molecule has 0 unspecified atom stereocenters. The molecule has 0 bridgehead atoms. The van der Waals surface area contributed by atoms with E-state index in [2.05, 4.69) is 24.5 Å². The number of carbonyl (C=O) groups is 1. The molecule has 0 radical (unpaired) electrons. The van der Waals surface area contributed by atoms with Gasteiger partial charge in [-0.1, -0.05) is 12.1 Å². The summed E-state index contributed by atoms with van der Waals surface area (Å²) in [4.78, 5) is 19.5. The van der Waals surface area contributed by atoms with E-state index in [0.29, 0.717) is 13.0 Å². The predicted octanol–water partition coefficient (Wildman–Crippen LogP) is 1.14. The van der Waals surface area contributed by atoms with E-state index in [1.54, 1.807) is 12.1 Å². The Balaban J connectivity index is 1.51. The summed E-state index contributed by atoms with van der Waals surface area (Å²) in [7, 11) is 0. The van der Waals surface area contributed by atoms with E-state index in [4.69, 9.17) is 0 Å². The summed E-state index contributed by atoms with van der Waals surface area (Å²) < 4.78 is 17.4. The monoisotopic (exact) mass is 349 g/mol. The number of amides is 1. The number of carbonyl (C=O) groups excluding carboxylic acids is 1. The van der Waals surface area contributed by atoms with E-state index in [1.807, 2.05) is 0 Å². The van der Waals surface area contributed by atoms with E-state index in [1.165, 1.54) is 23.7 Å². The van der Waals surface area contributed by atoms with Gasteiger partial charge in [0.15, 0.2) is 0 Å². The molecule has 1 aromatic heterocycles. The van der Waals surface area contributed by atoms with Crippen LogP contribution in [-0.2, 0) is 11.2 Å². The van der Waals surface area contributed by atoms with Gasteiger partial charge < -0.3 is 10.2 Å². The molecule has 1 fully saturated rings. The van der Waals surface area contributed by atoms with E-state index in [0.717, 1.165) is 55.7 Å². The molecule has 0 saturated carbocycles. The summed E-state index contributed by atoms with van der Waals surface area (Å²) in [6, 6.07) is 6.45. The molecule has 1 saturated heterocycles. The molecule has 1 amide bonds. The Morgan fingerprint density at radius 2 is 1.96 bits per heavy atom. The van der Waals surface area contributed by atoms with Gasteiger partial charge in [-0.05, 0) is 17.7 Å². The summed E-state index contributed by atoms with van der Waals surface area (Å²) >= 11 is 1.41. The number of hydrogen-bond donors (Lipinski definition) is 1. The molecule has 0 atom stereocenters. The van der Waals surface area contributed by atoms with Crippen LogP contribution >= 0.6 is 11.5 Å². The normalized spacial score (nSPS) is 15.5. The fraction of sp³-hybridized carbons (Fsp3) is 0.438. The summed E-state index contributed by atoms with van der Waals surface area (Å²) in [5, 5.41) is 3.63. The first kappa shape index (κ1) is 16.8. The Labute approximate surface area is 144 Å². The fourth-order valence-electron chi connectivity index (χ4n) is 2.67. The summed E-state index contributed by atoms with van der Waals surface area (Å²) in [6.45, 7) is 5.28. The number of rotatable bonds is 7. The molecule has 128 valence electrons. The van der Waals surface area contributed by atoms with Crippen LogP contribution in [0.25, 0.3) is 0 Å². The molecule has 8 heteroatoms. The van der Waals surface area contributed by atoms with E-state index < -0.39 is 0 Å². The van der Waals surface area contributed by atoms with Gasteiger partial charge in [0.25, 0.3) is 0 Å². The third-order valence-corrected chi connectivity index (χ3v) is 4.85. The van der Waals surface area contributed by atoms with Crippen molar-refractivity contribution in [1.29, 1.82) is 0 Å². The van der Waals surface area contributed by atoms with Gasteiger partial charge >= 0.3 is 0 Å². The molecule has 2 heterocycles. The van der Waals surface area contributed by atoms with Crippen LogP contribution in [0.1, 0.15) is 11.4 Å². The lowest BCUT2D eigenvalue weighted by molar-refractivity contribution is -0.109. The Morgan fingerprint density at radius 3 is 2.67 bits per heavy atom. The predicted molar refractivity (Wildman–Crippen MR) is 91.8 cm³/mol. The van der Waals surface area contributed by atoms with Crippen molar-refractivity contribution in [2.75, 3.05) is 44.2 Å². The number of aromatic nitrogens is 2. The van der Waals surface area contributed by atoms with Gasteiger partial charge in [0.2, 0.25) is 11.5 Å². The van der Waals surface area contributed by atoms with Crippen molar-refractivity contribution < 1.29 is 9.18 Å². The van der Waals surface area contributed by atoms with Crippen molar-refractivity contribution in [2.24, 2.45) is 0 Å². The molecule has 24 heavy (non-hydrogen) atoms. The number of nitrogens with one attached hydrogen (secondary N) is 1. The maximum absolute atomic E-state index is 12.9. The third kappa shape index (κ3) is 4.48. The molecule has 1 aliphatic rings. The molecule has 1 aliphatic heterocycles. The van der Waals surface area contributed by atoms with Gasteiger partial charge in [-0.25, -0.2) is 9.37 Å². The van der Waals surface area contributed by atoms with Crippen molar-refractivity contribution in [2.45, 2.75) is 6.42 Å². The summed E-state index contributed by atoms with van der Waals surface area (Å²) in [6.07, 6.45) is 1.36. The topological polar surface area (TPSA) is 61.4 Å². The maximum atomic E-state index is 12.9. The minimum atomic E-state index is -0.230. The van der Waals surface area contributed by atoms with Gasteiger partial charge in [0.05, 0.1) is 0 Å². The van der Waals surface area contributed by atoms with Crippen LogP contribution in [0.2, 0.25) is 0 Å². The molecular weight excluding hydrogens is 329 g/mol. The first-order valence-electron chi connectivity index (χ1n) is 7.96. The minimum absolute atomic E-state index is 0.230. The number of hydrogen-bond acceptors (Lipinski definition) is 6. The van der Waals surface area contributed by atoms with Crippen molar-refractivity contribution in [3.63, 3.8) is 0 Å². The van der Waals surface area contributed by atoms with Crippen LogP contribution in [0, 0.1) is 5.82 Å². The zero-order chi connectivity index (χ0) is 16.8. The van der Waals surface area contributed by atoms with Crippen molar-refractivity contribution in [3.05, 3.63) is 41.5 Å². The number of nitrogens with zero attached hydrogens (tertiary/aromatic N) is 4. The van der Waals surface area contributed by atoms with Crippen LogP contribution < -0.4 is 10.2 Å². The lowest BCUT2D eigenvalue weighted by Crippen LogP contribution is -2.48. The Hall–Kier alpha value is -2.06. The van der Waals surface area contributed by atoms with Gasteiger partial charge in [-0.3, -0.25) is 9.69 Å². The average Bonchev–Trinajstić information content (AvgIpc) is 3.06. The Bertz CT molecular complexity index is 655. The van der Waals surface area contributed by atoms with E-state index >= 15 is 0 Å². The zero-order valence-corrected chi connectivity index (χ0v) is 14.1. The van der Waals surface area contributed by atoms with Crippen LogP contribution in [0.15, 0.2) is 24.3 Å². The zero-order valence-electron chi connectivity index (χ0n) is 13.3. The fourth-order valence-corrected chi connectivity index (χ4v) is 3.41. The van der Waals surface area contributed by atoms with E-state index in [9.17, 15) is 9.18 Å². The van der Waals surface area contributed by atoms with Crippen LogP contribution in [-0.4, -0.2) is 59.9 Å². The Morgan fingerprint density at radius 1 is 1.21 bits per heavy atom. The average molecular weight is 349 g/mol. The maximum Gasteiger partial charge on any atom is 0.207 e. The second-order valence-corrected chi connectivity index (χ2v) is 6.43. The molecule has 1 aromatic carbocycles. The highest BCUT2D eigenvalue weighted by Gasteiger charge is 2.19. The number of anilines is 1. The van der Waals surface area contributed by atoms with Gasteiger partial charge in [0.1, 0.15) is 11.6 Å². The van der Waals surface area contributed by atoms with Crippen LogP contribution in [0.4, 0.5) is 9.52 Å². The second-order valence-electron chi connectivity index (χ2n) is 5.70. The standard InChI is InChI=1S/C16H20FN5OS/c17-14-3-1-13(2-4-14)11-15-19-16(24-20-15)22-9-7-21(8-10-22)6-5-18-12-23/h1-4,12H,5-11H2,(H,18,23). The van der Waals surface area contributed by atoms with Crippen molar-refractivity contribution in [1.82, 2.24) is 19.6 Å². The summed E-state index contributed by atoms with van der Waals surface area (Å²) in [5.41, 5.74) is 1.01. The number of piperazine rings is 1. The minimum Gasteiger partial charge on any atom is -0.357 e. The molecule has 1 N–H and O–H groups in total. The lowest BCUT2D eigenvalue weighted by atomic mass is 10.1. The first-order chi connectivity index (χ1) is 11.7. The van der Waals surface area contributed by atoms with Crippen LogP contribution in [0.5, 0.6) is 0 Å². The smallest absolute Gasteiger partial charge is 0.207 e. The number of halogens is 1. The first-order valence-corrected chi connectivity index (χ1v) is 8.73. The van der Waals surface area contributed by atoms with Gasteiger partial charge in [-0.2, -0.15) is 4.37 Å². The largest absolute Gasteiger partial charge is 0.357 e. The highest BCUT2D eigenvalue weighted by Crippen LogP contribution is 2.20. The molecular formula is C16H20FN5OS. The SMILES string of the molecule is O=CNCCN1CCN(c2nc(Cc3ccc(F)cc3)ns2)CC1. The van der Waals surface area contributed by atoms with Crippen LogP contribution in [0.3, 0.4) is 0 Å². The Kier molecular flexibility index (Phi) is 5.71. The molecule has 3 rings (SSSR count). The summed E-state index contributed by atoms with van der Waals surface area (Å²) in [5.74, 6) is 0.547. The van der Waals surface area contributed by atoms with Gasteiger partial charge in [0, 0.05) is 57.2 Å². The second kappa shape index (κ2) is 8.16. The molecule has 6 nitrogen and oxygen atoms in total.